The summed E-state index contributed by atoms with van der Waals surface area (Å²) in [6, 6.07) is 14.7. The summed E-state index contributed by atoms with van der Waals surface area (Å²) in [7, 11) is -3.59. The average molecular weight is 431 g/mol. The number of hydrogen-bond acceptors (Lipinski definition) is 5. The molecular weight excluding hydrogens is 404 g/mol. The van der Waals surface area contributed by atoms with E-state index in [4.69, 9.17) is 9.47 Å². The molecule has 30 heavy (non-hydrogen) atoms. The molecule has 0 N–H and O–H groups in total. The van der Waals surface area contributed by atoms with Crippen molar-refractivity contribution in [3.63, 3.8) is 0 Å². The molecule has 1 amide bonds. The zero-order chi connectivity index (χ0) is 21.1. The molecule has 0 unspecified atom stereocenters. The van der Waals surface area contributed by atoms with Gasteiger partial charge < -0.3 is 14.4 Å². The Morgan fingerprint density at radius 3 is 2.60 bits per heavy atom. The summed E-state index contributed by atoms with van der Waals surface area (Å²) >= 11 is 0. The molecule has 2 aromatic rings. The summed E-state index contributed by atoms with van der Waals surface area (Å²) in [5.74, 6) is 0.757. The molecule has 0 atom stereocenters. The lowest BCUT2D eigenvalue weighted by atomic mass is 10.2. The Kier molecular flexibility index (Phi) is 6.08. The van der Waals surface area contributed by atoms with Crippen molar-refractivity contribution in [3.8, 4) is 5.75 Å². The minimum atomic E-state index is -3.59. The van der Waals surface area contributed by atoms with Crippen molar-refractivity contribution in [1.29, 1.82) is 0 Å². The van der Waals surface area contributed by atoms with Crippen LogP contribution in [0.3, 0.4) is 0 Å². The molecule has 0 radical (unpaired) electrons. The Morgan fingerprint density at radius 1 is 1.10 bits per heavy atom. The van der Waals surface area contributed by atoms with Gasteiger partial charge in [-0.1, -0.05) is 24.3 Å². The lowest BCUT2D eigenvalue weighted by Gasteiger charge is -2.37. The van der Waals surface area contributed by atoms with E-state index >= 15 is 0 Å². The number of rotatable bonds is 8. The van der Waals surface area contributed by atoms with Crippen LogP contribution in [0.1, 0.15) is 18.9 Å². The Morgan fingerprint density at radius 2 is 1.87 bits per heavy atom. The van der Waals surface area contributed by atoms with Gasteiger partial charge in [0.1, 0.15) is 5.75 Å². The summed E-state index contributed by atoms with van der Waals surface area (Å²) in [6.07, 6.45) is 1.40. The number of benzene rings is 2. The molecular formula is C22H26N2O5S. The lowest BCUT2D eigenvalue weighted by Crippen LogP contribution is -2.54. The Balaban J connectivity index is 1.25. The minimum Gasteiger partial charge on any atom is -0.494 e. The molecule has 2 aliphatic rings. The molecule has 7 nitrogen and oxygen atoms in total. The fraction of sp³-hybridized carbons (Fsp3) is 0.409. The number of nitrogens with zero attached hydrogens (tertiary/aromatic N) is 2. The van der Waals surface area contributed by atoms with Crippen molar-refractivity contribution < 1.29 is 22.7 Å². The summed E-state index contributed by atoms with van der Waals surface area (Å²) in [5.41, 5.74) is 1.71. The maximum atomic E-state index is 12.9. The summed E-state index contributed by atoms with van der Waals surface area (Å²) in [4.78, 5) is 13.6. The van der Waals surface area contributed by atoms with Crippen LogP contribution in [0.2, 0.25) is 0 Å². The smallest absolute Gasteiger partial charge is 0.243 e. The molecule has 0 aliphatic carbocycles. The molecule has 0 aromatic heterocycles. The van der Waals surface area contributed by atoms with Crippen molar-refractivity contribution in [2.45, 2.75) is 30.8 Å². The normalized spacial score (nSPS) is 16.9. The number of para-hydroxylation sites is 1. The molecule has 2 heterocycles. The molecule has 0 spiro atoms. The van der Waals surface area contributed by atoms with E-state index < -0.39 is 10.0 Å². The number of carbonyl (C=O) groups excluding carboxylic acids is 1. The predicted octanol–water partition coefficient (Wildman–Crippen LogP) is 2.45. The van der Waals surface area contributed by atoms with E-state index in [0.717, 1.165) is 24.2 Å². The van der Waals surface area contributed by atoms with E-state index in [1.807, 2.05) is 36.4 Å². The van der Waals surface area contributed by atoms with E-state index in [0.29, 0.717) is 38.5 Å². The molecule has 1 fully saturated rings. The molecule has 0 saturated carbocycles. The highest BCUT2D eigenvalue weighted by Gasteiger charge is 2.38. The van der Waals surface area contributed by atoms with Crippen LogP contribution < -0.4 is 9.64 Å². The number of amides is 1. The maximum absolute atomic E-state index is 12.9. The second kappa shape index (κ2) is 8.75. The zero-order valence-electron chi connectivity index (χ0n) is 17.0. The molecule has 160 valence electrons. The molecule has 1 saturated heterocycles. The number of ether oxygens (including phenoxy) is 2. The number of anilines is 1. The van der Waals surface area contributed by atoms with Gasteiger partial charge in [-0.2, -0.15) is 4.31 Å². The highest BCUT2D eigenvalue weighted by Crippen LogP contribution is 2.32. The van der Waals surface area contributed by atoms with Crippen LogP contribution in [0.15, 0.2) is 53.4 Å². The number of hydrogen-bond donors (Lipinski definition) is 0. The van der Waals surface area contributed by atoms with Gasteiger partial charge in [-0.15, -0.1) is 0 Å². The first kappa shape index (κ1) is 20.8. The predicted molar refractivity (Wildman–Crippen MR) is 113 cm³/mol. The maximum Gasteiger partial charge on any atom is 0.243 e. The van der Waals surface area contributed by atoms with Gasteiger partial charge in [0, 0.05) is 38.7 Å². The lowest BCUT2D eigenvalue weighted by molar-refractivity contribution is -0.116. The number of carbonyl (C=O) groups is 1. The van der Waals surface area contributed by atoms with Crippen LogP contribution >= 0.6 is 0 Å². The first-order valence-corrected chi connectivity index (χ1v) is 11.6. The Labute approximate surface area is 177 Å². The Bertz CT molecular complexity index is 1000. The third-order valence-corrected chi connectivity index (χ3v) is 7.27. The largest absolute Gasteiger partial charge is 0.494 e. The van der Waals surface area contributed by atoms with Crippen LogP contribution in [-0.4, -0.2) is 57.6 Å². The van der Waals surface area contributed by atoms with Gasteiger partial charge in [0.2, 0.25) is 15.9 Å². The van der Waals surface area contributed by atoms with Crippen molar-refractivity contribution in [1.82, 2.24) is 4.31 Å². The summed E-state index contributed by atoms with van der Waals surface area (Å²) in [6.45, 7) is 3.86. The van der Waals surface area contributed by atoms with E-state index in [-0.39, 0.29) is 16.9 Å². The van der Waals surface area contributed by atoms with E-state index in [1.165, 1.54) is 11.2 Å². The molecule has 2 aliphatic heterocycles. The van der Waals surface area contributed by atoms with Gasteiger partial charge in [0.05, 0.1) is 24.2 Å². The number of sulfonamides is 1. The first-order valence-electron chi connectivity index (χ1n) is 10.2. The third-order valence-electron chi connectivity index (χ3n) is 5.44. The van der Waals surface area contributed by atoms with Gasteiger partial charge in [0.25, 0.3) is 0 Å². The van der Waals surface area contributed by atoms with Crippen LogP contribution in [0, 0.1) is 0 Å². The van der Waals surface area contributed by atoms with Gasteiger partial charge >= 0.3 is 0 Å². The minimum absolute atomic E-state index is 0.0723. The first-order chi connectivity index (χ1) is 14.4. The van der Waals surface area contributed by atoms with Crippen molar-refractivity contribution in [2.24, 2.45) is 0 Å². The number of fused-ring (bicyclic) bond motifs is 1. The summed E-state index contributed by atoms with van der Waals surface area (Å²) in [5, 5.41) is 0. The molecule has 4 rings (SSSR count). The fourth-order valence-corrected chi connectivity index (χ4v) is 5.24. The second-order valence-electron chi connectivity index (χ2n) is 7.54. The van der Waals surface area contributed by atoms with Crippen molar-refractivity contribution >= 4 is 21.6 Å². The highest BCUT2D eigenvalue weighted by atomic mass is 32.2. The zero-order valence-corrected chi connectivity index (χ0v) is 17.8. The van der Waals surface area contributed by atoms with Gasteiger partial charge in [-0.25, -0.2) is 8.42 Å². The summed E-state index contributed by atoms with van der Waals surface area (Å²) < 4.78 is 38.6. The molecule has 8 heteroatoms. The van der Waals surface area contributed by atoms with Crippen LogP contribution in [-0.2, 0) is 26.0 Å². The monoisotopic (exact) mass is 430 g/mol. The van der Waals surface area contributed by atoms with Crippen LogP contribution in [0.4, 0.5) is 5.69 Å². The Hall–Kier alpha value is -2.42. The van der Waals surface area contributed by atoms with E-state index in [2.05, 4.69) is 0 Å². The van der Waals surface area contributed by atoms with Gasteiger partial charge in [-0.3, -0.25) is 4.79 Å². The highest BCUT2D eigenvalue weighted by molar-refractivity contribution is 7.89. The van der Waals surface area contributed by atoms with Crippen LogP contribution in [0.25, 0.3) is 0 Å². The average Bonchev–Trinajstić information content (AvgIpc) is 3.13. The van der Waals surface area contributed by atoms with E-state index in [9.17, 15) is 13.2 Å². The molecule has 0 bridgehead atoms. The van der Waals surface area contributed by atoms with E-state index in [1.54, 1.807) is 17.0 Å². The SMILES string of the molecule is CC(=O)N1CCc2ccc(S(=O)(=O)N3CC(OCCCOc4ccccc4)C3)cc21. The topological polar surface area (TPSA) is 76.2 Å². The molecule has 2 aromatic carbocycles. The standard InChI is InChI=1S/C22H26N2O5S/c1-17(25)24-11-10-18-8-9-21(14-22(18)24)30(26,27)23-15-20(16-23)29-13-5-12-28-19-6-3-2-4-7-19/h2-4,6-9,14,20H,5,10-13,15-16H2,1H3. The van der Waals surface area contributed by atoms with Crippen LogP contribution in [0.5, 0.6) is 5.75 Å². The van der Waals surface area contributed by atoms with Gasteiger partial charge in [0.15, 0.2) is 0 Å². The quantitative estimate of drug-likeness (QED) is 0.602. The van der Waals surface area contributed by atoms with Crippen molar-refractivity contribution in [2.75, 3.05) is 37.7 Å². The van der Waals surface area contributed by atoms with Gasteiger partial charge in [-0.05, 0) is 36.2 Å². The van der Waals surface area contributed by atoms with Crippen molar-refractivity contribution in [3.05, 3.63) is 54.1 Å². The fourth-order valence-electron chi connectivity index (χ4n) is 3.71. The third kappa shape index (κ3) is 4.35. The second-order valence-corrected chi connectivity index (χ2v) is 9.48.